The van der Waals surface area contributed by atoms with Gasteiger partial charge < -0.3 is 14.4 Å². The van der Waals surface area contributed by atoms with Crippen LogP contribution in [0.2, 0.25) is 0 Å². The van der Waals surface area contributed by atoms with E-state index in [0.717, 1.165) is 0 Å². The molecule has 2 saturated heterocycles. The van der Waals surface area contributed by atoms with E-state index >= 15 is 0 Å². The van der Waals surface area contributed by atoms with Crippen LogP contribution in [0.3, 0.4) is 0 Å². The van der Waals surface area contributed by atoms with E-state index in [1.165, 1.54) is 0 Å². The molecule has 6 nitrogen and oxygen atoms in total. The lowest BCUT2D eigenvalue weighted by atomic mass is 10.1. The molecule has 2 amide bonds. The minimum Gasteiger partial charge on any atom is -0.447 e. The average molecular weight is 256 g/mol. The summed E-state index contributed by atoms with van der Waals surface area (Å²) < 4.78 is 10.4. The zero-order chi connectivity index (χ0) is 13.5. The number of cyclic esters (lactones) is 1. The molecule has 2 atom stereocenters. The van der Waals surface area contributed by atoms with Crippen molar-refractivity contribution in [1.82, 2.24) is 9.80 Å². The molecule has 0 aromatic carbocycles. The van der Waals surface area contributed by atoms with Crippen LogP contribution in [-0.4, -0.2) is 59.4 Å². The van der Waals surface area contributed by atoms with Crippen molar-refractivity contribution in [3.05, 3.63) is 0 Å². The molecule has 2 aliphatic heterocycles. The molecule has 0 spiro atoms. The Morgan fingerprint density at radius 3 is 2.67 bits per heavy atom. The van der Waals surface area contributed by atoms with Gasteiger partial charge in [-0.25, -0.2) is 9.59 Å². The van der Waals surface area contributed by atoms with Crippen LogP contribution in [0.15, 0.2) is 0 Å². The second-order valence-corrected chi connectivity index (χ2v) is 5.86. The zero-order valence-corrected chi connectivity index (χ0v) is 11.3. The summed E-state index contributed by atoms with van der Waals surface area (Å²) in [6.07, 6.45) is -0.607. The largest absolute Gasteiger partial charge is 0.447 e. The van der Waals surface area contributed by atoms with Gasteiger partial charge in [-0.05, 0) is 27.7 Å². The van der Waals surface area contributed by atoms with Crippen molar-refractivity contribution in [2.45, 2.75) is 45.4 Å². The first-order chi connectivity index (χ1) is 8.28. The maximum Gasteiger partial charge on any atom is 0.410 e. The molecule has 0 unspecified atom stereocenters. The third kappa shape index (κ3) is 2.52. The van der Waals surface area contributed by atoms with E-state index in [-0.39, 0.29) is 24.3 Å². The van der Waals surface area contributed by atoms with Crippen LogP contribution in [0.25, 0.3) is 0 Å². The number of hydrogen-bond donors (Lipinski definition) is 0. The number of carbonyl (C=O) groups is 2. The maximum absolute atomic E-state index is 12.1. The van der Waals surface area contributed by atoms with Crippen LogP contribution in [-0.2, 0) is 9.47 Å². The highest BCUT2D eigenvalue weighted by molar-refractivity contribution is 5.72. The number of piperazine rings is 1. The lowest BCUT2D eigenvalue weighted by Crippen LogP contribution is -2.58. The molecule has 2 aliphatic rings. The number of hydrogen-bond acceptors (Lipinski definition) is 4. The van der Waals surface area contributed by atoms with E-state index in [0.29, 0.717) is 19.7 Å². The molecule has 18 heavy (non-hydrogen) atoms. The lowest BCUT2D eigenvalue weighted by Gasteiger charge is -2.40. The minimum atomic E-state index is -0.504. The van der Waals surface area contributed by atoms with Gasteiger partial charge >= 0.3 is 12.2 Å². The van der Waals surface area contributed by atoms with Gasteiger partial charge in [-0.2, -0.15) is 0 Å². The van der Waals surface area contributed by atoms with Gasteiger partial charge in [0.25, 0.3) is 0 Å². The van der Waals surface area contributed by atoms with Crippen molar-refractivity contribution in [3.8, 4) is 0 Å². The number of fused-ring (bicyclic) bond motifs is 1. The van der Waals surface area contributed by atoms with Crippen LogP contribution in [0.1, 0.15) is 27.7 Å². The Kier molecular flexibility index (Phi) is 3.12. The van der Waals surface area contributed by atoms with Gasteiger partial charge in [-0.3, -0.25) is 4.90 Å². The molecule has 2 heterocycles. The van der Waals surface area contributed by atoms with Crippen molar-refractivity contribution >= 4 is 12.2 Å². The van der Waals surface area contributed by atoms with Crippen molar-refractivity contribution < 1.29 is 19.1 Å². The molecule has 0 aliphatic carbocycles. The maximum atomic E-state index is 12.1. The molecule has 0 radical (unpaired) electrons. The van der Waals surface area contributed by atoms with E-state index in [2.05, 4.69) is 0 Å². The van der Waals surface area contributed by atoms with E-state index in [1.807, 2.05) is 27.7 Å². The van der Waals surface area contributed by atoms with Crippen LogP contribution >= 0.6 is 0 Å². The van der Waals surface area contributed by atoms with Crippen molar-refractivity contribution in [2.24, 2.45) is 0 Å². The third-order valence-electron chi connectivity index (χ3n) is 3.10. The molecular formula is C12H20N2O4. The predicted molar refractivity (Wildman–Crippen MR) is 64.2 cm³/mol. The van der Waals surface area contributed by atoms with Crippen LogP contribution < -0.4 is 0 Å². The van der Waals surface area contributed by atoms with Crippen LogP contribution in [0.5, 0.6) is 0 Å². The summed E-state index contributed by atoms with van der Waals surface area (Å²) in [6.45, 7) is 8.76. The second-order valence-electron chi connectivity index (χ2n) is 5.86. The van der Waals surface area contributed by atoms with E-state index in [9.17, 15) is 9.59 Å². The van der Waals surface area contributed by atoms with Gasteiger partial charge in [-0.15, -0.1) is 0 Å². The summed E-state index contributed by atoms with van der Waals surface area (Å²) in [6, 6.07) is -0.0945. The van der Waals surface area contributed by atoms with Gasteiger partial charge in [0.15, 0.2) is 0 Å². The number of amides is 2. The quantitative estimate of drug-likeness (QED) is 0.658. The molecule has 2 rings (SSSR count). The fourth-order valence-corrected chi connectivity index (χ4v) is 2.23. The first-order valence-electron chi connectivity index (χ1n) is 6.21. The summed E-state index contributed by atoms with van der Waals surface area (Å²) in [4.78, 5) is 26.8. The lowest BCUT2D eigenvalue weighted by molar-refractivity contribution is -0.000319. The highest BCUT2D eigenvalue weighted by Gasteiger charge is 2.42. The Balaban J connectivity index is 2.02. The summed E-state index contributed by atoms with van der Waals surface area (Å²) in [5.41, 5.74) is -0.504. The monoisotopic (exact) mass is 256 g/mol. The molecule has 0 aromatic heterocycles. The normalized spacial score (nSPS) is 27.9. The van der Waals surface area contributed by atoms with Gasteiger partial charge in [0.05, 0.1) is 12.1 Å². The first kappa shape index (κ1) is 13.0. The summed E-state index contributed by atoms with van der Waals surface area (Å²) in [5.74, 6) is 0. The predicted octanol–water partition coefficient (Wildman–Crippen LogP) is 1.45. The standard InChI is InChI=1S/C12H20N2O4/c1-8-5-14-9(7-17-10(14)15)6-13(8)11(16)18-12(2,3)4/h8-9H,5-7H2,1-4H3/t8-,9-/m1/s1. The van der Waals surface area contributed by atoms with Gasteiger partial charge in [0.1, 0.15) is 12.2 Å². The Labute approximate surface area is 107 Å². The van der Waals surface area contributed by atoms with Crippen molar-refractivity contribution in [1.29, 1.82) is 0 Å². The molecule has 2 fully saturated rings. The van der Waals surface area contributed by atoms with Crippen LogP contribution in [0.4, 0.5) is 9.59 Å². The highest BCUT2D eigenvalue weighted by Crippen LogP contribution is 2.23. The van der Waals surface area contributed by atoms with Crippen molar-refractivity contribution in [3.63, 3.8) is 0 Å². The Bertz CT molecular complexity index is 364. The van der Waals surface area contributed by atoms with E-state index in [4.69, 9.17) is 9.47 Å². The molecule has 102 valence electrons. The Hall–Kier alpha value is -1.46. The van der Waals surface area contributed by atoms with Crippen molar-refractivity contribution in [2.75, 3.05) is 19.7 Å². The van der Waals surface area contributed by atoms with Gasteiger partial charge in [0, 0.05) is 13.1 Å². The molecule has 6 heteroatoms. The summed E-state index contributed by atoms with van der Waals surface area (Å²) in [7, 11) is 0. The number of rotatable bonds is 0. The van der Waals surface area contributed by atoms with Crippen LogP contribution in [0, 0.1) is 0 Å². The number of carbonyl (C=O) groups excluding carboxylic acids is 2. The Morgan fingerprint density at radius 1 is 1.39 bits per heavy atom. The van der Waals surface area contributed by atoms with Gasteiger partial charge in [-0.1, -0.05) is 0 Å². The molecule has 0 saturated carbocycles. The van der Waals surface area contributed by atoms with Gasteiger partial charge in [0.2, 0.25) is 0 Å². The zero-order valence-electron chi connectivity index (χ0n) is 11.3. The number of ether oxygens (including phenoxy) is 2. The molecular weight excluding hydrogens is 236 g/mol. The molecule has 0 aromatic rings. The molecule has 0 N–H and O–H groups in total. The first-order valence-corrected chi connectivity index (χ1v) is 6.21. The smallest absolute Gasteiger partial charge is 0.410 e. The fraction of sp³-hybridized carbons (Fsp3) is 0.833. The number of nitrogens with zero attached hydrogens (tertiary/aromatic N) is 2. The highest BCUT2D eigenvalue weighted by atomic mass is 16.6. The Morgan fingerprint density at radius 2 is 2.06 bits per heavy atom. The third-order valence-corrected chi connectivity index (χ3v) is 3.10. The van der Waals surface area contributed by atoms with E-state index in [1.54, 1.807) is 9.80 Å². The molecule has 0 bridgehead atoms. The fourth-order valence-electron chi connectivity index (χ4n) is 2.23. The minimum absolute atomic E-state index is 0.0405. The summed E-state index contributed by atoms with van der Waals surface area (Å²) in [5, 5.41) is 0. The summed E-state index contributed by atoms with van der Waals surface area (Å²) >= 11 is 0. The topological polar surface area (TPSA) is 59.1 Å². The average Bonchev–Trinajstić information content (AvgIpc) is 2.56. The van der Waals surface area contributed by atoms with E-state index < -0.39 is 5.60 Å². The SMILES string of the molecule is C[C@@H]1CN2C(=O)OC[C@H]2CN1C(=O)OC(C)(C)C. The second kappa shape index (κ2) is 4.33.